The molecule has 2 heterocycles. The van der Waals surface area contributed by atoms with Gasteiger partial charge >= 0.3 is 0 Å². The SMILES string of the molecule is COc1ccc(S(=O)(=O)N2CCOc3ccc(-c4ccc(C#N)cc4)cc32)cn1. The third kappa shape index (κ3) is 3.48. The summed E-state index contributed by atoms with van der Waals surface area (Å²) in [5.74, 6) is 0.841. The lowest BCUT2D eigenvalue weighted by Gasteiger charge is -2.30. The van der Waals surface area contributed by atoms with E-state index in [-0.39, 0.29) is 18.0 Å². The van der Waals surface area contributed by atoms with Crippen LogP contribution >= 0.6 is 0 Å². The van der Waals surface area contributed by atoms with Crippen molar-refractivity contribution in [3.8, 4) is 28.8 Å². The number of ether oxygens (including phenoxy) is 2. The molecule has 0 radical (unpaired) electrons. The van der Waals surface area contributed by atoms with Crippen LogP contribution in [0.15, 0.2) is 65.7 Å². The first-order valence-corrected chi connectivity index (χ1v) is 10.3. The lowest BCUT2D eigenvalue weighted by molar-refractivity contribution is 0.316. The first kappa shape index (κ1) is 18.8. The van der Waals surface area contributed by atoms with Crippen LogP contribution in [0.4, 0.5) is 5.69 Å². The fraction of sp³-hybridized carbons (Fsp3) is 0.143. The lowest BCUT2D eigenvalue weighted by Crippen LogP contribution is -2.38. The van der Waals surface area contributed by atoms with Crippen LogP contribution < -0.4 is 13.8 Å². The van der Waals surface area contributed by atoms with Gasteiger partial charge < -0.3 is 9.47 Å². The van der Waals surface area contributed by atoms with Gasteiger partial charge in [0.1, 0.15) is 17.3 Å². The standard InChI is InChI=1S/C21H17N3O4S/c1-27-21-9-7-18(14-23-21)29(25,26)24-10-11-28-20-8-6-17(12-19(20)24)16-4-2-15(13-22)3-5-16/h2-9,12,14H,10-11H2,1H3. The molecule has 0 fully saturated rings. The molecule has 0 amide bonds. The summed E-state index contributed by atoms with van der Waals surface area (Å²) in [5, 5.41) is 8.97. The van der Waals surface area contributed by atoms with Crippen LogP contribution in [0.1, 0.15) is 5.56 Å². The first-order valence-electron chi connectivity index (χ1n) is 8.83. The van der Waals surface area contributed by atoms with Gasteiger partial charge in [0.2, 0.25) is 5.88 Å². The number of anilines is 1. The highest BCUT2D eigenvalue weighted by Crippen LogP contribution is 2.38. The fourth-order valence-electron chi connectivity index (χ4n) is 3.13. The van der Waals surface area contributed by atoms with E-state index >= 15 is 0 Å². The molecule has 0 saturated heterocycles. The van der Waals surface area contributed by atoms with Gasteiger partial charge in [-0.1, -0.05) is 18.2 Å². The third-order valence-electron chi connectivity index (χ3n) is 4.63. The number of pyridine rings is 1. The molecule has 1 aromatic heterocycles. The van der Waals surface area contributed by atoms with E-state index in [2.05, 4.69) is 11.1 Å². The summed E-state index contributed by atoms with van der Waals surface area (Å²) in [7, 11) is -2.35. The molecule has 8 heteroatoms. The normalized spacial score (nSPS) is 13.2. The van der Waals surface area contributed by atoms with Gasteiger partial charge in [-0.05, 0) is 41.5 Å². The third-order valence-corrected chi connectivity index (χ3v) is 6.43. The molecule has 0 N–H and O–H groups in total. The molecular weight excluding hydrogens is 390 g/mol. The van der Waals surface area contributed by atoms with Crippen LogP contribution in [-0.4, -0.2) is 33.7 Å². The van der Waals surface area contributed by atoms with E-state index in [9.17, 15) is 8.42 Å². The van der Waals surface area contributed by atoms with Crippen LogP contribution in [0.5, 0.6) is 11.6 Å². The zero-order valence-electron chi connectivity index (χ0n) is 15.6. The number of fused-ring (bicyclic) bond motifs is 1. The van der Waals surface area contributed by atoms with E-state index in [0.29, 0.717) is 22.9 Å². The highest BCUT2D eigenvalue weighted by molar-refractivity contribution is 7.92. The lowest BCUT2D eigenvalue weighted by atomic mass is 10.0. The molecule has 0 spiro atoms. The first-order chi connectivity index (χ1) is 14.0. The molecule has 0 unspecified atom stereocenters. The van der Waals surface area contributed by atoms with Crippen LogP contribution in [0.2, 0.25) is 0 Å². The van der Waals surface area contributed by atoms with Gasteiger partial charge in [-0.15, -0.1) is 0 Å². The van der Waals surface area contributed by atoms with Crippen molar-refractivity contribution < 1.29 is 17.9 Å². The van der Waals surface area contributed by atoms with E-state index in [1.807, 2.05) is 18.2 Å². The predicted molar refractivity (Wildman–Crippen MR) is 107 cm³/mol. The highest BCUT2D eigenvalue weighted by atomic mass is 32.2. The van der Waals surface area contributed by atoms with Crippen molar-refractivity contribution in [3.63, 3.8) is 0 Å². The zero-order valence-corrected chi connectivity index (χ0v) is 16.4. The Morgan fingerprint density at radius 1 is 1.10 bits per heavy atom. The number of hydrogen-bond donors (Lipinski definition) is 0. The molecule has 0 aliphatic carbocycles. The summed E-state index contributed by atoms with van der Waals surface area (Å²) in [5.41, 5.74) is 2.73. The molecule has 146 valence electrons. The minimum atomic E-state index is -3.82. The van der Waals surface area contributed by atoms with Crippen molar-refractivity contribution in [1.82, 2.24) is 4.98 Å². The molecule has 0 saturated carbocycles. The van der Waals surface area contributed by atoms with Crippen molar-refractivity contribution in [2.45, 2.75) is 4.90 Å². The maximum absolute atomic E-state index is 13.2. The Morgan fingerprint density at radius 2 is 1.86 bits per heavy atom. The number of aromatic nitrogens is 1. The molecule has 0 atom stereocenters. The van der Waals surface area contributed by atoms with Crippen molar-refractivity contribution in [1.29, 1.82) is 5.26 Å². The van der Waals surface area contributed by atoms with Gasteiger partial charge in [-0.3, -0.25) is 4.31 Å². The summed E-state index contributed by atoms with van der Waals surface area (Å²) >= 11 is 0. The fourth-order valence-corrected chi connectivity index (χ4v) is 4.52. The number of hydrogen-bond acceptors (Lipinski definition) is 6. The Bertz CT molecular complexity index is 1180. The second kappa shape index (κ2) is 7.45. The van der Waals surface area contributed by atoms with E-state index < -0.39 is 10.0 Å². The predicted octanol–water partition coefficient (Wildman–Crippen LogP) is 3.22. The van der Waals surface area contributed by atoms with Gasteiger partial charge in [-0.25, -0.2) is 13.4 Å². The number of sulfonamides is 1. The van der Waals surface area contributed by atoms with E-state index in [0.717, 1.165) is 11.1 Å². The summed E-state index contributed by atoms with van der Waals surface area (Å²) in [4.78, 5) is 4.09. The highest BCUT2D eigenvalue weighted by Gasteiger charge is 2.30. The molecule has 4 rings (SSSR count). The summed E-state index contributed by atoms with van der Waals surface area (Å²) in [6.07, 6.45) is 1.29. The van der Waals surface area contributed by atoms with E-state index in [1.165, 1.54) is 29.7 Å². The van der Waals surface area contributed by atoms with E-state index in [4.69, 9.17) is 14.7 Å². The van der Waals surface area contributed by atoms with Crippen LogP contribution in [-0.2, 0) is 10.0 Å². The number of rotatable bonds is 4. The number of nitriles is 1. The Morgan fingerprint density at radius 3 is 2.52 bits per heavy atom. The van der Waals surface area contributed by atoms with Gasteiger partial charge in [0.25, 0.3) is 10.0 Å². The maximum Gasteiger partial charge on any atom is 0.266 e. The molecule has 1 aliphatic heterocycles. The number of nitrogens with zero attached hydrogens (tertiary/aromatic N) is 3. The number of benzene rings is 2. The molecule has 0 bridgehead atoms. The molecular formula is C21H17N3O4S. The second-order valence-corrected chi connectivity index (χ2v) is 8.20. The Labute approximate surface area is 168 Å². The molecule has 3 aromatic rings. The van der Waals surface area contributed by atoms with Gasteiger partial charge in [0, 0.05) is 6.07 Å². The van der Waals surface area contributed by atoms with Crippen LogP contribution in [0.25, 0.3) is 11.1 Å². The Balaban J connectivity index is 1.75. The second-order valence-electron chi connectivity index (χ2n) is 6.33. The van der Waals surface area contributed by atoms with Gasteiger partial charge in [0.15, 0.2) is 0 Å². The summed E-state index contributed by atoms with van der Waals surface area (Å²) in [6, 6.07) is 17.6. The summed E-state index contributed by atoms with van der Waals surface area (Å²) < 4.78 is 38.5. The molecule has 29 heavy (non-hydrogen) atoms. The van der Waals surface area contributed by atoms with Crippen LogP contribution in [0.3, 0.4) is 0 Å². The van der Waals surface area contributed by atoms with Gasteiger partial charge in [0.05, 0.1) is 37.2 Å². The quantitative estimate of drug-likeness (QED) is 0.659. The van der Waals surface area contributed by atoms with Crippen molar-refractivity contribution >= 4 is 15.7 Å². The monoisotopic (exact) mass is 407 g/mol. The Hall–Kier alpha value is -3.57. The van der Waals surface area contributed by atoms with E-state index in [1.54, 1.807) is 24.3 Å². The van der Waals surface area contributed by atoms with Crippen LogP contribution in [0, 0.1) is 11.3 Å². The molecule has 1 aliphatic rings. The molecule has 2 aromatic carbocycles. The van der Waals surface area contributed by atoms with Crippen molar-refractivity contribution in [2.24, 2.45) is 0 Å². The summed E-state index contributed by atoms with van der Waals surface area (Å²) in [6.45, 7) is 0.449. The Kier molecular flexibility index (Phi) is 4.82. The largest absolute Gasteiger partial charge is 0.489 e. The van der Waals surface area contributed by atoms with Crippen molar-refractivity contribution in [2.75, 3.05) is 24.6 Å². The van der Waals surface area contributed by atoms with Crippen molar-refractivity contribution in [3.05, 3.63) is 66.4 Å². The smallest absolute Gasteiger partial charge is 0.266 e. The number of methoxy groups -OCH3 is 1. The minimum Gasteiger partial charge on any atom is -0.489 e. The average Bonchev–Trinajstić information content (AvgIpc) is 2.78. The molecule has 7 nitrogen and oxygen atoms in total. The average molecular weight is 407 g/mol. The minimum absolute atomic E-state index is 0.0786. The maximum atomic E-state index is 13.2. The zero-order chi connectivity index (χ0) is 20.4. The topological polar surface area (TPSA) is 92.5 Å². The van der Waals surface area contributed by atoms with Gasteiger partial charge in [-0.2, -0.15) is 5.26 Å².